The van der Waals surface area contributed by atoms with E-state index in [1.807, 2.05) is 20.8 Å². The van der Waals surface area contributed by atoms with Crippen LogP contribution in [0, 0.1) is 5.92 Å². The predicted octanol–water partition coefficient (Wildman–Crippen LogP) is 2.03. The van der Waals surface area contributed by atoms with Gasteiger partial charge in [-0.15, -0.1) is 0 Å². The molecule has 0 aliphatic heterocycles. The summed E-state index contributed by atoms with van der Waals surface area (Å²) >= 11 is 0. The average Bonchev–Trinajstić information content (AvgIpc) is 2.60. The van der Waals surface area contributed by atoms with Gasteiger partial charge in [0.25, 0.3) is 0 Å². The lowest BCUT2D eigenvalue weighted by Crippen LogP contribution is -2.44. The van der Waals surface area contributed by atoms with Gasteiger partial charge in [-0.3, -0.25) is 14.4 Å². The normalized spacial score (nSPS) is 10.3. The molecule has 0 saturated heterocycles. The van der Waals surface area contributed by atoms with Gasteiger partial charge in [0.15, 0.2) is 0 Å². The molecule has 1 aromatic carbocycles. The van der Waals surface area contributed by atoms with Crippen LogP contribution in [0.2, 0.25) is 0 Å². The number of hydrogen-bond donors (Lipinski definition) is 2. The molecule has 7 nitrogen and oxygen atoms in total. The van der Waals surface area contributed by atoms with Crippen molar-refractivity contribution < 1.29 is 19.1 Å². The summed E-state index contributed by atoms with van der Waals surface area (Å²) in [7, 11) is 1.57. The van der Waals surface area contributed by atoms with Crippen LogP contribution in [0.25, 0.3) is 0 Å². The molecule has 0 heterocycles. The van der Waals surface area contributed by atoms with Crippen molar-refractivity contribution in [2.24, 2.45) is 5.92 Å². The quantitative estimate of drug-likeness (QED) is 0.666. The number of carbonyl (C=O) groups is 3. The first-order valence-corrected chi connectivity index (χ1v) is 8.84. The third-order valence-electron chi connectivity index (χ3n) is 3.56. The number of methoxy groups -OCH3 is 1. The molecule has 1 rings (SSSR count). The Kier molecular flexibility index (Phi) is 9.19. The van der Waals surface area contributed by atoms with E-state index in [0.29, 0.717) is 24.4 Å². The lowest BCUT2D eigenvalue weighted by molar-refractivity contribution is -0.136. The first kappa shape index (κ1) is 21.5. The molecule has 3 amide bonds. The van der Waals surface area contributed by atoms with Gasteiger partial charge in [0.05, 0.1) is 20.2 Å². The molecule has 26 heavy (non-hydrogen) atoms. The number of rotatable bonds is 10. The number of anilines is 1. The van der Waals surface area contributed by atoms with E-state index < -0.39 is 0 Å². The van der Waals surface area contributed by atoms with Gasteiger partial charge in [-0.25, -0.2) is 0 Å². The number of nitrogens with one attached hydrogen (secondary N) is 2. The van der Waals surface area contributed by atoms with E-state index >= 15 is 0 Å². The summed E-state index contributed by atoms with van der Waals surface area (Å²) in [6, 6.07) is 6.90. The van der Waals surface area contributed by atoms with Gasteiger partial charge in [-0.05, 0) is 36.6 Å². The molecule has 0 saturated carbocycles. The van der Waals surface area contributed by atoms with Crippen LogP contribution < -0.4 is 15.4 Å². The van der Waals surface area contributed by atoms with Crippen molar-refractivity contribution in [1.29, 1.82) is 0 Å². The molecule has 144 valence electrons. The van der Waals surface area contributed by atoms with Gasteiger partial charge in [-0.1, -0.05) is 20.8 Å². The van der Waals surface area contributed by atoms with Crippen molar-refractivity contribution >= 4 is 23.4 Å². The fourth-order valence-electron chi connectivity index (χ4n) is 2.35. The molecule has 0 aromatic heterocycles. The van der Waals surface area contributed by atoms with Crippen molar-refractivity contribution in [2.75, 3.05) is 32.1 Å². The van der Waals surface area contributed by atoms with Gasteiger partial charge in [0.1, 0.15) is 5.75 Å². The largest absolute Gasteiger partial charge is 0.497 e. The minimum Gasteiger partial charge on any atom is -0.497 e. The summed E-state index contributed by atoms with van der Waals surface area (Å²) in [6.07, 6.45) is 1.15. The lowest BCUT2D eigenvalue weighted by Gasteiger charge is -2.24. The minimum atomic E-state index is -0.347. The standard InChI is InChI=1S/C19H29N3O4/c1-5-6-19(25)22(12-14(2)3)13-18(24)20-11-17(23)21-15-7-9-16(26-4)10-8-15/h7-10,14H,5-6,11-13H2,1-4H3,(H,20,24)(H,21,23). The summed E-state index contributed by atoms with van der Waals surface area (Å²) in [4.78, 5) is 37.7. The van der Waals surface area contributed by atoms with Gasteiger partial charge >= 0.3 is 0 Å². The van der Waals surface area contributed by atoms with Crippen molar-refractivity contribution in [3.63, 3.8) is 0 Å². The third-order valence-corrected chi connectivity index (χ3v) is 3.56. The Morgan fingerprint density at radius 3 is 2.31 bits per heavy atom. The van der Waals surface area contributed by atoms with Crippen LogP contribution in [0.4, 0.5) is 5.69 Å². The fourth-order valence-corrected chi connectivity index (χ4v) is 2.35. The van der Waals surface area contributed by atoms with Crippen molar-refractivity contribution in [3.05, 3.63) is 24.3 Å². The number of benzene rings is 1. The minimum absolute atomic E-state index is 0.0349. The second kappa shape index (κ2) is 11.1. The highest BCUT2D eigenvalue weighted by atomic mass is 16.5. The molecule has 0 aliphatic rings. The number of nitrogens with zero attached hydrogens (tertiary/aromatic N) is 1. The van der Waals surface area contributed by atoms with E-state index in [4.69, 9.17) is 4.74 Å². The highest BCUT2D eigenvalue weighted by molar-refractivity contribution is 5.95. The Morgan fingerprint density at radius 2 is 1.77 bits per heavy atom. The average molecular weight is 363 g/mol. The smallest absolute Gasteiger partial charge is 0.243 e. The highest BCUT2D eigenvalue weighted by Crippen LogP contribution is 2.14. The zero-order chi connectivity index (χ0) is 19.5. The van der Waals surface area contributed by atoms with Crippen molar-refractivity contribution in [3.8, 4) is 5.75 Å². The van der Waals surface area contributed by atoms with E-state index in [2.05, 4.69) is 10.6 Å². The Bertz CT molecular complexity index is 599. The third kappa shape index (κ3) is 8.00. The van der Waals surface area contributed by atoms with Gasteiger partial charge in [0.2, 0.25) is 17.7 Å². The number of ether oxygens (including phenoxy) is 1. The second-order valence-electron chi connectivity index (χ2n) is 6.47. The van der Waals surface area contributed by atoms with E-state index in [0.717, 1.165) is 6.42 Å². The fraction of sp³-hybridized carbons (Fsp3) is 0.526. The summed E-state index contributed by atoms with van der Waals surface area (Å²) in [5.74, 6) is 0.234. The summed E-state index contributed by atoms with van der Waals surface area (Å²) in [5, 5.41) is 5.24. The van der Waals surface area contributed by atoms with E-state index in [1.54, 1.807) is 36.3 Å². The monoisotopic (exact) mass is 363 g/mol. The van der Waals surface area contributed by atoms with Crippen LogP contribution in [0.15, 0.2) is 24.3 Å². The SMILES string of the molecule is CCCC(=O)N(CC(=O)NCC(=O)Nc1ccc(OC)cc1)CC(C)C. The van der Waals surface area contributed by atoms with E-state index in [-0.39, 0.29) is 36.7 Å². The molecule has 0 radical (unpaired) electrons. The molecule has 0 fully saturated rings. The molecule has 0 unspecified atom stereocenters. The highest BCUT2D eigenvalue weighted by Gasteiger charge is 2.18. The molecule has 0 bridgehead atoms. The van der Waals surface area contributed by atoms with Crippen LogP contribution in [0.5, 0.6) is 5.75 Å². The molecular weight excluding hydrogens is 334 g/mol. The zero-order valence-corrected chi connectivity index (χ0v) is 16.0. The zero-order valence-electron chi connectivity index (χ0n) is 16.0. The first-order chi connectivity index (χ1) is 12.3. The predicted molar refractivity (Wildman–Crippen MR) is 101 cm³/mol. The molecule has 2 N–H and O–H groups in total. The van der Waals surface area contributed by atoms with E-state index in [9.17, 15) is 14.4 Å². The maximum Gasteiger partial charge on any atom is 0.243 e. The molecule has 0 spiro atoms. The first-order valence-electron chi connectivity index (χ1n) is 8.84. The number of carbonyl (C=O) groups excluding carboxylic acids is 3. The Morgan fingerprint density at radius 1 is 1.12 bits per heavy atom. The van der Waals surface area contributed by atoms with Gasteiger partial charge in [-0.2, -0.15) is 0 Å². The summed E-state index contributed by atoms with van der Waals surface area (Å²) in [6.45, 7) is 6.24. The van der Waals surface area contributed by atoms with Crippen LogP contribution in [0.1, 0.15) is 33.6 Å². The molecule has 7 heteroatoms. The molecular formula is C19H29N3O4. The van der Waals surface area contributed by atoms with E-state index in [1.165, 1.54) is 0 Å². The topological polar surface area (TPSA) is 87.7 Å². The Hall–Kier alpha value is -2.57. The summed E-state index contributed by atoms with van der Waals surface area (Å²) < 4.78 is 5.05. The van der Waals surface area contributed by atoms with Crippen molar-refractivity contribution in [2.45, 2.75) is 33.6 Å². The van der Waals surface area contributed by atoms with Gasteiger partial charge in [0, 0.05) is 18.7 Å². The Balaban J connectivity index is 2.46. The Labute approximate surface area is 155 Å². The van der Waals surface area contributed by atoms with Crippen LogP contribution in [-0.4, -0.2) is 49.4 Å². The maximum atomic E-state index is 12.1. The summed E-state index contributed by atoms with van der Waals surface area (Å²) in [5.41, 5.74) is 0.615. The molecule has 0 atom stereocenters. The second-order valence-corrected chi connectivity index (χ2v) is 6.47. The maximum absolute atomic E-state index is 12.1. The van der Waals surface area contributed by atoms with Crippen molar-refractivity contribution in [1.82, 2.24) is 10.2 Å². The molecule has 0 aliphatic carbocycles. The molecule has 1 aromatic rings. The van der Waals surface area contributed by atoms with Gasteiger partial charge < -0.3 is 20.3 Å². The van der Waals surface area contributed by atoms with Crippen LogP contribution in [-0.2, 0) is 14.4 Å². The number of hydrogen-bond acceptors (Lipinski definition) is 4. The number of amides is 3. The lowest BCUT2D eigenvalue weighted by atomic mass is 10.2. The van der Waals surface area contributed by atoms with Crippen LogP contribution in [0.3, 0.4) is 0 Å². The van der Waals surface area contributed by atoms with Crippen LogP contribution >= 0.6 is 0 Å².